The van der Waals surface area contributed by atoms with Crippen molar-refractivity contribution >= 4 is 11.6 Å². The fourth-order valence-electron chi connectivity index (χ4n) is 2.91. The fraction of sp³-hybridized carbons (Fsp3) is 0.318. The highest BCUT2D eigenvalue weighted by Crippen LogP contribution is 2.30. The number of rotatable bonds is 8. The molecular weight excluding hydrogens is 380 g/mol. The van der Waals surface area contributed by atoms with Crippen LogP contribution in [0.2, 0.25) is 0 Å². The standard InChI is InChI=1S/C22H28N6O2/c1-5-23-22(27-18-8-9-19(29-4)20(13-18)30-6-2)26-15-17-7-10-21(25-14-17)28-12-11-24-16(28)3/h7-14H,5-6,15H2,1-4H3,(H2,23,26,27). The zero-order chi connectivity index (χ0) is 21.3. The number of ether oxygens (including phenoxy) is 2. The molecule has 2 heterocycles. The van der Waals surface area contributed by atoms with Crippen molar-refractivity contribution in [3.8, 4) is 17.3 Å². The summed E-state index contributed by atoms with van der Waals surface area (Å²) in [4.78, 5) is 13.4. The molecule has 8 nitrogen and oxygen atoms in total. The molecule has 0 radical (unpaired) electrons. The van der Waals surface area contributed by atoms with E-state index in [2.05, 4.69) is 25.6 Å². The average Bonchev–Trinajstić information content (AvgIpc) is 3.19. The van der Waals surface area contributed by atoms with Crippen LogP contribution >= 0.6 is 0 Å². The fourth-order valence-corrected chi connectivity index (χ4v) is 2.91. The molecule has 0 spiro atoms. The van der Waals surface area contributed by atoms with Crippen LogP contribution < -0.4 is 20.1 Å². The van der Waals surface area contributed by atoms with Crippen molar-refractivity contribution in [1.29, 1.82) is 0 Å². The first-order valence-corrected chi connectivity index (χ1v) is 9.96. The van der Waals surface area contributed by atoms with E-state index in [1.807, 2.05) is 68.1 Å². The molecule has 3 aromatic rings. The number of nitrogens with one attached hydrogen (secondary N) is 2. The van der Waals surface area contributed by atoms with Crippen LogP contribution in [0.25, 0.3) is 5.82 Å². The molecule has 0 aliphatic rings. The smallest absolute Gasteiger partial charge is 0.196 e. The minimum Gasteiger partial charge on any atom is -0.493 e. The molecule has 158 valence electrons. The number of benzene rings is 1. The van der Waals surface area contributed by atoms with Crippen LogP contribution in [-0.4, -0.2) is 40.8 Å². The first kappa shape index (κ1) is 21.2. The van der Waals surface area contributed by atoms with Crippen molar-refractivity contribution in [2.75, 3.05) is 25.6 Å². The Morgan fingerprint density at radius 2 is 2.00 bits per heavy atom. The number of hydrogen-bond donors (Lipinski definition) is 2. The normalized spacial score (nSPS) is 11.3. The summed E-state index contributed by atoms with van der Waals surface area (Å²) in [6.45, 7) is 7.73. The summed E-state index contributed by atoms with van der Waals surface area (Å²) in [5.74, 6) is 3.81. The topological polar surface area (TPSA) is 85.6 Å². The summed E-state index contributed by atoms with van der Waals surface area (Å²) in [6.07, 6.45) is 5.50. The Morgan fingerprint density at radius 1 is 1.13 bits per heavy atom. The Labute approximate surface area is 177 Å². The van der Waals surface area contributed by atoms with Gasteiger partial charge in [-0.05, 0) is 44.5 Å². The lowest BCUT2D eigenvalue weighted by molar-refractivity contribution is 0.311. The third kappa shape index (κ3) is 5.28. The number of imidazole rings is 1. The van der Waals surface area contributed by atoms with E-state index in [1.165, 1.54) is 0 Å². The first-order valence-electron chi connectivity index (χ1n) is 9.96. The number of methoxy groups -OCH3 is 1. The number of anilines is 1. The molecule has 0 saturated heterocycles. The second-order valence-corrected chi connectivity index (χ2v) is 6.49. The summed E-state index contributed by atoms with van der Waals surface area (Å²) in [5.41, 5.74) is 1.88. The molecule has 30 heavy (non-hydrogen) atoms. The van der Waals surface area contributed by atoms with Crippen LogP contribution in [0.3, 0.4) is 0 Å². The number of hydrogen-bond acceptors (Lipinski definition) is 5. The van der Waals surface area contributed by atoms with Gasteiger partial charge in [0.25, 0.3) is 0 Å². The molecule has 2 aromatic heterocycles. The predicted molar refractivity (Wildman–Crippen MR) is 119 cm³/mol. The van der Waals surface area contributed by atoms with E-state index in [-0.39, 0.29) is 0 Å². The molecule has 0 bridgehead atoms. The molecule has 0 atom stereocenters. The molecule has 1 aromatic carbocycles. The molecule has 8 heteroatoms. The zero-order valence-electron chi connectivity index (χ0n) is 17.8. The van der Waals surface area contributed by atoms with E-state index in [1.54, 1.807) is 13.3 Å². The third-order valence-corrected chi connectivity index (χ3v) is 4.37. The van der Waals surface area contributed by atoms with E-state index in [9.17, 15) is 0 Å². The summed E-state index contributed by atoms with van der Waals surface area (Å²) in [6, 6.07) is 9.70. The minimum atomic E-state index is 0.500. The lowest BCUT2D eigenvalue weighted by Gasteiger charge is -2.14. The molecule has 0 amide bonds. The molecule has 0 saturated carbocycles. The lowest BCUT2D eigenvalue weighted by Crippen LogP contribution is -2.30. The van der Waals surface area contributed by atoms with Gasteiger partial charge in [0, 0.05) is 36.9 Å². The summed E-state index contributed by atoms with van der Waals surface area (Å²) in [7, 11) is 1.63. The van der Waals surface area contributed by atoms with E-state index < -0.39 is 0 Å². The van der Waals surface area contributed by atoms with Crippen LogP contribution in [-0.2, 0) is 6.54 Å². The average molecular weight is 409 g/mol. The van der Waals surface area contributed by atoms with Crippen molar-refractivity contribution in [2.24, 2.45) is 4.99 Å². The maximum absolute atomic E-state index is 5.65. The summed E-state index contributed by atoms with van der Waals surface area (Å²) < 4.78 is 12.9. The van der Waals surface area contributed by atoms with Crippen LogP contribution in [0.4, 0.5) is 5.69 Å². The van der Waals surface area contributed by atoms with Crippen LogP contribution in [0, 0.1) is 6.92 Å². The molecule has 3 rings (SSSR count). The molecule has 2 N–H and O–H groups in total. The van der Waals surface area contributed by atoms with Gasteiger partial charge in [-0.1, -0.05) is 6.07 Å². The quantitative estimate of drug-likeness (QED) is 0.438. The number of aliphatic imine (C=N–C) groups is 1. The van der Waals surface area contributed by atoms with Gasteiger partial charge >= 0.3 is 0 Å². The van der Waals surface area contributed by atoms with Gasteiger partial charge in [-0.25, -0.2) is 15.0 Å². The Kier molecular flexibility index (Phi) is 7.26. The van der Waals surface area contributed by atoms with Gasteiger partial charge < -0.3 is 20.1 Å². The zero-order valence-corrected chi connectivity index (χ0v) is 17.8. The Hall–Kier alpha value is -3.55. The highest BCUT2D eigenvalue weighted by molar-refractivity contribution is 5.93. The van der Waals surface area contributed by atoms with Crippen LogP contribution in [0.5, 0.6) is 11.5 Å². The van der Waals surface area contributed by atoms with Crippen molar-refractivity contribution in [2.45, 2.75) is 27.3 Å². The van der Waals surface area contributed by atoms with E-state index in [0.29, 0.717) is 30.6 Å². The maximum atomic E-state index is 5.65. The third-order valence-electron chi connectivity index (χ3n) is 4.37. The summed E-state index contributed by atoms with van der Waals surface area (Å²) in [5, 5.41) is 6.57. The number of guanidine groups is 1. The van der Waals surface area contributed by atoms with Gasteiger partial charge in [-0.15, -0.1) is 0 Å². The van der Waals surface area contributed by atoms with Crippen LogP contribution in [0.1, 0.15) is 25.2 Å². The molecule has 0 fully saturated rings. The SMILES string of the molecule is CCNC(=NCc1ccc(-n2ccnc2C)nc1)Nc1ccc(OC)c(OCC)c1. The van der Waals surface area contributed by atoms with Crippen LogP contribution in [0.15, 0.2) is 53.9 Å². The molecular formula is C22H28N6O2. The van der Waals surface area contributed by atoms with Gasteiger partial charge in [0.1, 0.15) is 11.6 Å². The predicted octanol–water partition coefficient (Wildman–Crippen LogP) is 3.56. The van der Waals surface area contributed by atoms with E-state index in [4.69, 9.17) is 9.47 Å². The number of aromatic nitrogens is 3. The van der Waals surface area contributed by atoms with Crippen molar-refractivity contribution < 1.29 is 9.47 Å². The second-order valence-electron chi connectivity index (χ2n) is 6.49. The molecule has 0 aliphatic heterocycles. The highest BCUT2D eigenvalue weighted by Gasteiger charge is 2.07. The maximum Gasteiger partial charge on any atom is 0.196 e. The summed E-state index contributed by atoms with van der Waals surface area (Å²) >= 11 is 0. The van der Waals surface area contributed by atoms with Gasteiger partial charge in [0.15, 0.2) is 17.5 Å². The van der Waals surface area contributed by atoms with E-state index >= 15 is 0 Å². The Morgan fingerprint density at radius 3 is 2.63 bits per heavy atom. The number of nitrogens with zero attached hydrogens (tertiary/aromatic N) is 4. The number of aryl methyl sites for hydroxylation is 1. The van der Waals surface area contributed by atoms with E-state index in [0.717, 1.165) is 29.4 Å². The molecule has 0 aliphatic carbocycles. The largest absolute Gasteiger partial charge is 0.493 e. The van der Waals surface area contributed by atoms with Gasteiger partial charge in [0.2, 0.25) is 0 Å². The lowest BCUT2D eigenvalue weighted by atomic mass is 10.2. The Balaban J connectivity index is 1.71. The monoisotopic (exact) mass is 408 g/mol. The second kappa shape index (κ2) is 10.3. The van der Waals surface area contributed by atoms with Crippen molar-refractivity contribution in [3.05, 3.63) is 60.3 Å². The first-order chi connectivity index (χ1) is 14.6. The van der Waals surface area contributed by atoms with Gasteiger partial charge in [-0.2, -0.15) is 0 Å². The molecule has 0 unspecified atom stereocenters. The minimum absolute atomic E-state index is 0.500. The Bertz CT molecular complexity index is 982. The highest BCUT2D eigenvalue weighted by atomic mass is 16.5. The van der Waals surface area contributed by atoms with Gasteiger partial charge in [-0.3, -0.25) is 4.57 Å². The van der Waals surface area contributed by atoms with Crippen molar-refractivity contribution in [3.63, 3.8) is 0 Å². The van der Waals surface area contributed by atoms with Gasteiger partial charge in [0.05, 0.1) is 20.3 Å². The number of pyridine rings is 1. The van der Waals surface area contributed by atoms with Crippen molar-refractivity contribution in [1.82, 2.24) is 19.9 Å².